The van der Waals surface area contributed by atoms with Crippen LogP contribution in [0, 0.1) is 11.6 Å². The number of amides is 1. The first-order chi connectivity index (χ1) is 14.8. The van der Waals surface area contributed by atoms with Crippen LogP contribution in [0.2, 0.25) is 0 Å². The molecule has 0 saturated heterocycles. The molecule has 31 heavy (non-hydrogen) atoms. The van der Waals surface area contributed by atoms with Crippen molar-refractivity contribution in [1.82, 2.24) is 19.2 Å². The summed E-state index contributed by atoms with van der Waals surface area (Å²) < 4.78 is 31.5. The first-order valence-electron chi connectivity index (χ1n) is 10.2. The number of para-hydroxylation sites is 2. The zero-order valence-corrected chi connectivity index (χ0v) is 17.7. The Morgan fingerprint density at radius 1 is 1.06 bits per heavy atom. The number of halogens is 2. The lowest BCUT2D eigenvalue weighted by atomic mass is 10.1. The zero-order chi connectivity index (χ0) is 22.3. The Kier molecular flexibility index (Phi) is 5.49. The molecule has 0 radical (unpaired) electrons. The van der Waals surface area contributed by atoms with E-state index < -0.39 is 23.0 Å². The highest BCUT2D eigenvalue weighted by molar-refractivity contribution is 6.06. The Labute approximate surface area is 177 Å². The number of aromatic nitrogens is 2. The maximum absolute atomic E-state index is 14.1. The molecular formula is C23H24F2N4O2. The second kappa shape index (κ2) is 8.11. The molecule has 2 aromatic heterocycles. The van der Waals surface area contributed by atoms with Crippen molar-refractivity contribution < 1.29 is 13.6 Å². The van der Waals surface area contributed by atoms with Gasteiger partial charge in [-0.25, -0.2) is 8.78 Å². The zero-order valence-electron chi connectivity index (χ0n) is 17.7. The number of aryl methyl sites for hydroxylation is 1. The molecule has 1 N–H and O–H groups in total. The fraction of sp³-hybridized carbons (Fsp3) is 0.304. The van der Waals surface area contributed by atoms with Crippen LogP contribution in [0.5, 0.6) is 0 Å². The number of carbonyl (C=O) groups is 1. The predicted octanol–water partition coefficient (Wildman–Crippen LogP) is 3.29. The van der Waals surface area contributed by atoms with Gasteiger partial charge in [0, 0.05) is 26.2 Å². The second-order valence-corrected chi connectivity index (χ2v) is 7.75. The predicted molar refractivity (Wildman–Crippen MR) is 118 cm³/mol. The third-order valence-electron chi connectivity index (χ3n) is 5.60. The van der Waals surface area contributed by atoms with Crippen LogP contribution in [0.4, 0.5) is 8.78 Å². The molecule has 0 aliphatic carbocycles. The summed E-state index contributed by atoms with van der Waals surface area (Å²) in [5.74, 6) is -2.72. The van der Waals surface area contributed by atoms with Crippen molar-refractivity contribution in [3.05, 3.63) is 63.8 Å². The van der Waals surface area contributed by atoms with Gasteiger partial charge in [-0.3, -0.25) is 14.0 Å². The Bertz CT molecular complexity index is 1370. The van der Waals surface area contributed by atoms with E-state index in [0.717, 1.165) is 30.6 Å². The number of pyridine rings is 1. The van der Waals surface area contributed by atoms with Gasteiger partial charge in [0.1, 0.15) is 11.2 Å². The number of fused-ring (bicyclic) bond motifs is 5. The van der Waals surface area contributed by atoms with Gasteiger partial charge in [0.05, 0.1) is 21.9 Å². The fourth-order valence-corrected chi connectivity index (χ4v) is 4.12. The third-order valence-corrected chi connectivity index (χ3v) is 5.60. The molecule has 0 atom stereocenters. The minimum atomic E-state index is -1.13. The molecular weight excluding hydrogens is 402 g/mol. The lowest BCUT2D eigenvalue weighted by molar-refractivity contribution is 0.0950. The summed E-state index contributed by atoms with van der Waals surface area (Å²) in [5.41, 5.74) is 1.29. The molecule has 2 heterocycles. The number of likely N-dealkylation sites (N-methyl/N-ethyl adjacent to an activating group) is 1. The highest BCUT2D eigenvalue weighted by Crippen LogP contribution is 2.27. The molecule has 0 spiro atoms. The van der Waals surface area contributed by atoms with E-state index >= 15 is 0 Å². The highest BCUT2D eigenvalue weighted by atomic mass is 19.2. The number of hydrogen-bond donors (Lipinski definition) is 1. The molecule has 0 unspecified atom stereocenters. The minimum Gasteiger partial charge on any atom is -0.351 e. The summed E-state index contributed by atoms with van der Waals surface area (Å²) >= 11 is 0. The largest absolute Gasteiger partial charge is 0.351 e. The van der Waals surface area contributed by atoms with Crippen molar-refractivity contribution in [2.75, 3.05) is 26.7 Å². The highest BCUT2D eigenvalue weighted by Gasteiger charge is 2.24. The van der Waals surface area contributed by atoms with Gasteiger partial charge in [-0.05, 0) is 38.2 Å². The summed E-state index contributed by atoms with van der Waals surface area (Å²) in [5, 5.41) is 2.77. The van der Waals surface area contributed by atoms with Crippen LogP contribution in [-0.4, -0.2) is 46.5 Å². The molecule has 0 aliphatic rings. The second-order valence-electron chi connectivity index (χ2n) is 7.75. The van der Waals surface area contributed by atoms with E-state index in [1.807, 2.05) is 31.3 Å². The number of rotatable bonds is 6. The Morgan fingerprint density at radius 2 is 1.74 bits per heavy atom. The lowest BCUT2D eigenvalue weighted by Gasteiger charge is -2.16. The van der Waals surface area contributed by atoms with E-state index in [4.69, 9.17) is 0 Å². The molecule has 4 aromatic rings. The average Bonchev–Trinajstić information content (AvgIpc) is 3.03. The van der Waals surface area contributed by atoms with Crippen molar-refractivity contribution in [3.63, 3.8) is 0 Å². The van der Waals surface area contributed by atoms with Crippen molar-refractivity contribution >= 4 is 33.5 Å². The summed E-state index contributed by atoms with van der Waals surface area (Å²) in [6.45, 7) is 3.96. The van der Waals surface area contributed by atoms with Crippen LogP contribution < -0.4 is 10.7 Å². The third kappa shape index (κ3) is 3.46. The van der Waals surface area contributed by atoms with Crippen LogP contribution in [0.1, 0.15) is 23.7 Å². The van der Waals surface area contributed by atoms with Crippen molar-refractivity contribution in [1.29, 1.82) is 0 Å². The fourth-order valence-electron chi connectivity index (χ4n) is 4.12. The summed E-state index contributed by atoms with van der Waals surface area (Å²) in [7, 11) is 3.70. The number of carbonyl (C=O) groups excluding carboxylic acids is 1. The van der Waals surface area contributed by atoms with Crippen LogP contribution in [0.3, 0.4) is 0 Å². The van der Waals surface area contributed by atoms with Gasteiger partial charge in [-0.1, -0.05) is 19.1 Å². The quantitative estimate of drug-likeness (QED) is 0.515. The summed E-state index contributed by atoms with van der Waals surface area (Å²) in [6.07, 6.45) is 0.995. The van der Waals surface area contributed by atoms with E-state index in [1.54, 1.807) is 16.0 Å². The number of nitrogens with zero attached hydrogens (tertiary/aromatic N) is 3. The molecule has 1 amide bonds. The van der Waals surface area contributed by atoms with Crippen molar-refractivity contribution in [3.8, 4) is 0 Å². The lowest BCUT2D eigenvalue weighted by Crippen LogP contribution is -2.36. The van der Waals surface area contributed by atoms with Gasteiger partial charge in [0.15, 0.2) is 11.6 Å². The van der Waals surface area contributed by atoms with Gasteiger partial charge >= 0.3 is 0 Å². The van der Waals surface area contributed by atoms with Crippen LogP contribution in [0.25, 0.3) is 27.6 Å². The Balaban J connectivity index is 1.96. The average molecular weight is 426 g/mol. The van der Waals surface area contributed by atoms with Gasteiger partial charge in [-0.2, -0.15) is 0 Å². The van der Waals surface area contributed by atoms with Crippen LogP contribution in [-0.2, 0) is 7.05 Å². The van der Waals surface area contributed by atoms with Crippen LogP contribution in [0.15, 0.2) is 41.2 Å². The monoisotopic (exact) mass is 426 g/mol. The molecule has 0 aliphatic heterocycles. The maximum atomic E-state index is 14.1. The number of imidazole rings is 1. The summed E-state index contributed by atoms with van der Waals surface area (Å²) in [4.78, 5) is 28.5. The topological polar surface area (TPSA) is 58.8 Å². The summed E-state index contributed by atoms with van der Waals surface area (Å²) in [6, 6.07) is 9.19. The molecule has 6 nitrogen and oxygen atoms in total. The normalized spacial score (nSPS) is 11.8. The van der Waals surface area contributed by atoms with Gasteiger partial charge < -0.3 is 14.8 Å². The molecule has 8 heteroatoms. The smallest absolute Gasteiger partial charge is 0.259 e. The molecule has 0 saturated carbocycles. The maximum Gasteiger partial charge on any atom is 0.259 e. The standard InChI is InChI=1S/C23H24F2N4O2/c1-4-10-27(2)11-9-26-22(31)20-21(30)14-12-15(24)16(25)13-19(14)29-18-8-6-5-7-17(18)28(3)23(20)29/h5-8,12-13H,4,9-11H2,1-3H3,(H,26,31). The van der Waals surface area contributed by atoms with Crippen LogP contribution >= 0.6 is 0 Å². The van der Waals surface area contributed by atoms with Crippen molar-refractivity contribution in [2.45, 2.75) is 13.3 Å². The van der Waals surface area contributed by atoms with Crippen molar-refractivity contribution in [2.24, 2.45) is 7.05 Å². The van der Waals surface area contributed by atoms with E-state index in [1.165, 1.54) is 0 Å². The molecule has 0 bridgehead atoms. The molecule has 2 aromatic carbocycles. The Hall–Kier alpha value is -3.26. The SMILES string of the molecule is CCCN(C)CCNC(=O)c1c(=O)c2cc(F)c(F)cc2n2c3ccccc3n(C)c12. The van der Waals surface area contributed by atoms with E-state index in [0.29, 0.717) is 24.3 Å². The number of nitrogens with one attached hydrogen (secondary N) is 1. The molecule has 162 valence electrons. The van der Waals surface area contributed by atoms with E-state index in [-0.39, 0.29) is 16.5 Å². The van der Waals surface area contributed by atoms with Gasteiger partial charge in [0.2, 0.25) is 5.43 Å². The van der Waals surface area contributed by atoms with Gasteiger partial charge in [0.25, 0.3) is 5.91 Å². The first kappa shape index (κ1) is 21.0. The molecule has 4 rings (SSSR count). The van der Waals surface area contributed by atoms with E-state index in [9.17, 15) is 18.4 Å². The number of benzene rings is 2. The first-order valence-corrected chi connectivity index (χ1v) is 10.2. The van der Waals surface area contributed by atoms with Gasteiger partial charge in [-0.15, -0.1) is 0 Å². The number of hydrogen-bond acceptors (Lipinski definition) is 3. The van der Waals surface area contributed by atoms with E-state index in [2.05, 4.69) is 17.1 Å². The molecule has 0 fully saturated rings. The Morgan fingerprint density at radius 3 is 2.45 bits per heavy atom. The minimum absolute atomic E-state index is 0.0407.